The predicted molar refractivity (Wildman–Crippen MR) is 107 cm³/mol. The normalized spacial score (nSPS) is 18.0. The van der Waals surface area contributed by atoms with Gasteiger partial charge in [0.05, 0.1) is 0 Å². The van der Waals surface area contributed by atoms with E-state index in [1.165, 1.54) is 12.0 Å². The number of benzene rings is 1. The van der Waals surface area contributed by atoms with E-state index in [1.807, 2.05) is 6.92 Å². The van der Waals surface area contributed by atoms with Crippen LogP contribution in [0.2, 0.25) is 0 Å². The lowest BCUT2D eigenvalue weighted by molar-refractivity contribution is -0.127. The van der Waals surface area contributed by atoms with Crippen LogP contribution in [0.25, 0.3) is 0 Å². The van der Waals surface area contributed by atoms with E-state index in [0.717, 1.165) is 45.1 Å². The van der Waals surface area contributed by atoms with Crippen LogP contribution in [0.4, 0.5) is 0 Å². The predicted octanol–water partition coefficient (Wildman–Crippen LogP) is 1.19. The molecule has 1 aromatic carbocycles. The second-order valence-electron chi connectivity index (χ2n) is 7.06. The Bertz CT molecular complexity index is 573. The summed E-state index contributed by atoms with van der Waals surface area (Å²) < 4.78 is 0. The highest BCUT2D eigenvalue weighted by atomic mass is 16.2. The molecule has 1 amide bonds. The van der Waals surface area contributed by atoms with E-state index < -0.39 is 0 Å². The standard InChI is InChI=1S/C20H33N5O/c1-4-21-20(23-15-19(26)24(2)3)22-14-18-11-13-25(16-18)12-10-17-8-6-5-7-9-17/h5-9,18H,4,10-16H2,1-3H3,(H2,21,22,23). The van der Waals surface area contributed by atoms with Crippen LogP contribution in [0.15, 0.2) is 35.3 Å². The highest BCUT2D eigenvalue weighted by Crippen LogP contribution is 2.15. The molecule has 0 radical (unpaired) electrons. The van der Waals surface area contributed by atoms with Crippen molar-refractivity contribution in [2.75, 3.05) is 53.4 Å². The van der Waals surface area contributed by atoms with Gasteiger partial charge in [0.1, 0.15) is 6.54 Å². The number of nitrogens with zero attached hydrogens (tertiary/aromatic N) is 3. The molecule has 1 aromatic rings. The van der Waals surface area contributed by atoms with Crippen molar-refractivity contribution in [3.8, 4) is 0 Å². The van der Waals surface area contributed by atoms with Crippen LogP contribution < -0.4 is 10.6 Å². The second kappa shape index (κ2) is 10.8. The van der Waals surface area contributed by atoms with Gasteiger partial charge < -0.3 is 20.4 Å². The number of hydrogen-bond acceptors (Lipinski definition) is 3. The molecular weight excluding hydrogens is 326 g/mol. The molecule has 2 rings (SSSR count). The van der Waals surface area contributed by atoms with Crippen LogP contribution in [0, 0.1) is 5.92 Å². The average Bonchev–Trinajstić information content (AvgIpc) is 3.10. The van der Waals surface area contributed by atoms with Crippen LogP contribution in [0.3, 0.4) is 0 Å². The van der Waals surface area contributed by atoms with Gasteiger partial charge >= 0.3 is 0 Å². The molecule has 1 atom stereocenters. The summed E-state index contributed by atoms with van der Waals surface area (Å²) in [7, 11) is 3.50. The number of nitrogens with one attached hydrogen (secondary N) is 2. The number of carbonyl (C=O) groups excluding carboxylic acids is 1. The Balaban J connectivity index is 1.72. The maximum atomic E-state index is 11.7. The molecule has 1 aliphatic heterocycles. The minimum absolute atomic E-state index is 0.00940. The van der Waals surface area contributed by atoms with Crippen molar-refractivity contribution in [2.45, 2.75) is 19.8 Å². The summed E-state index contributed by atoms with van der Waals surface area (Å²) in [6.07, 6.45) is 2.32. The van der Waals surface area contributed by atoms with E-state index in [2.05, 4.69) is 50.9 Å². The molecule has 1 aliphatic rings. The van der Waals surface area contributed by atoms with Gasteiger partial charge in [0, 0.05) is 40.3 Å². The Labute approximate surface area is 157 Å². The van der Waals surface area contributed by atoms with E-state index in [4.69, 9.17) is 0 Å². The number of aliphatic imine (C=N–C) groups is 1. The third-order valence-corrected chi connectivity index (χ3v) is 4.70. The lowest BCUT2D eigenvalue weighted by atomic mass is 10.1. The van der Waals surface area contributed by atoms with Crippen molar-refractivity contribution in [1.82, 2.24) is 20.4 Å². The summed E-state index contributed by atoms with van der Waals surface area (Å²) >= 11 is 0. The molecular formula is C20H33N5O. The van der Waals surface area contributed by atoms with Crippen molar-refractivity contribution in [3.05, 3.63) is 35.9 Å². The first-order valence-corrected chi connectivity index (χ1v) is 9.57. The summed E-state index contributed by atoms with van der Waals surface area (Å²) in [4.78, 5) is 20.2. The molecule has 6 nitrogen and oxygen atoms in total. The Morgan fingerprint density at radius 2 is 2.04 bits per heavy atom. The maximum Gasteiger partial charge on any atom is 0.243 e. The molecule has 0 saturated carbocycles. The van der Waals surface area contributed by atoms with Crippen molar-refractivity contribution >= 4 is 11.9 Å². The zero-order valence-electron chi connectivity index (χ0n) is 16.4. The van der Waals surface area contributed by atoms with Crippen LogP contribution in [-0.4, -0.2) is 75.0 Å². The number of likely N-dealkylation sites (N-methyl/N-ethyl adjacent to an activating group) is 1. The molecule has 0 spiro atoms. The van der Waals surface area contributed by atoms with Gasteiger partial charge in [-0.3, -0.25) is 4.79 Å². The molecule has 1 saturated heterocycles. The summed E-state index contributed by atoms with van der Waals surface area (Å²) in [6, 6.07) is 10.7. The van der Waals surface area contributed by atoms with Crippen molar-refractivity contribution < 1.29 is 4.79 Å². The Morgan fingerprint density at radius 1 is 1.27 bits per heavy atom. The Hall–Kier alpha value is -2.08. The highest BCUT2D eigenvalue weighted by molar-refractivity contribution is 5.84. The first-order valence-electron chi connectivity index (χ1n) is 9.57. The third-order valence-electron chi connectivity index (χ3n) is 4.70. The monoisotopic (exact) mass is 359 g/mol. The van der Waals surface area contributed by atoms with E-state index >= 15 is 0 Å². The molecule has 0 bridgehead atoms. The summed E-state index contributed by atoms with van der Waals surface area (Å²) in [5.41, 5.74) is 1.40. The number of likely N-dealkylation sites (tertiary alicyclic amines) is 1. The largest absolute Gasteiger partial charge is 0.357 e. The van der Waals surface area contributed by atoms with Crippen molar-refractivity contribution in [2.24, 2.45) is 10.9 Å². The number of hydrogen-bond donors (Lipinski definition) is 2. The zero-order chi connectivity index (χ0) is 18.8. The van der Waals surface area contributed by atoms with E-state index in [0.29, 0.717) is 5.92 Å². The quantitative estimate of drug-likeness (QED) is 0.541. The second-order valence-corrected chi connectivity index (χ2v) is 7.06. The van der Waals surface area contributed by atoms with Gasteiger partial charge in [0.2, 0.25) is 5.91 Å². The molecule has 144 valence electrons. The number of guanidine groups is 1. The molecule has 26 heavy (non-hydrogen) atoms. The summed E-state index contributed by atoms with van der Waals surface area (Å²) in [6.45, 7) is 7.29. The topological polar surface area (TPSA) is 60.0 Å². The maximum absolute atomic E-state index is 11.7. The molecule has 2 N–H and O–H groups in total. The minimum atomic E-state index is 0.00940. The van der Waals surface area contributed by atoms with Crippen LogP contribution in [0.1, 0.15) is 18.9 Å². The summed E-state index contributed by atoms with van der Waals surface area (Å²) in [5.74, 6) is 1.36. The molecule has 1 unspecified atom stereocenters. The van der Waals surface area contributed by atoms with Crippen molar-refractivity contribution in [3.63, 3.8) is 0 Å². The van der Waals surface area contributed by atoms with Gasteiger partial charge in [-0.05, 0) is 37.8 Å². The number of carbonyl (C=O) groups is 1. The molecule has 0 aliphatic carbocycles. The van der Waals surface area contributed by atoms with E-state index in [9.17, 15) is 4.79 Å². The SMILES string of the molecule is CCNC(=NCC(=O)N(C)C)NCC1CCN(CCc2ccccc2)C1. The van der Waals surface area contributed by atoms with Gasteiger partial charge in [0.25, 0.3) is 0 Å². The molecule has 6 heteroatoms. The highest BCUT2D eigenvalue weighted by Gasteiger charge is 2.22. The first kappa shape index (κ1) is 20.2. The van der Waals surface area contributed by atoms with Crippen molar-refractivity contribution in [1.29, 1.82) is 0 Å². The van der Waals surface area contributed by atoms with Gasteiger partial charge in [-0.25, -0.2) is 4.99 Å². The van der Waals surface area contributed by atoms with Crippen LogP contribution >= 0.6 is 0 Å². The third kappa shape index (κ3) is 7.04. The van der Waals surface area contributed by atoms with Crippen LogP contribution in [0.5, 0.6) is 0 Å². The minimum Gasteiger partial charge on any atom is -0.357 e. The lowest BCUT2D eigenvalue weighted by Gasteiger charge is -2.17. The Kier molecular flexibility index (Phi) is 8.41. The number of rotatable bonds is 8. The molecule has 1 heterocycles. The van der Waals surface area contributed by atoms with E-state index in [1.54, 1.807) is 19.0 Å². The van der Waals surface area contributed by atoms with Gasteiger partial charge in [0.15, 0.2) is 5.96 Å². The fraction of sp³-hybridized carbons (Fsp3) is 0.600. The fourth-order valence-corrected chi connectivity index (χ4v) is 3.09. The van der Waals surface area contributed by atoms with E-state index in [-0.39, 0.29) is 12.5 Å². The smallest absolute Gasteiger partial charge is 0.243 e. The molecule has 1 fully saturated rings. The number of amides is 1. The first-order chi connectivity index (χ1) is 12.6. The Morgan fingerprint density at radius 3 is 2.73 bits per heavy atom. The van der Waals surface area contributed by atoms with Gasteiger partial charge in [-0.1, -0.05) is 30.3 Å². The zero-order valence-corrected chi connectivity index (χ0v) is 16.4. The average molecular weight is 360 g/mol. The molecule has 0 aromatic heterocycles. The fourth-order valence-electron chi connectivity index (χ4n) is 3.09. The summed E-state index contributed by atoms with van der Waals surface area (Å²) in [5, 5.41) is 6.61. The lowest BCUT2D eigenvalue weighted by Crippen LogP contribution is -2.41. The van der Waals surface area contributed by atoms with Crippen LogP contribution in [-0.2, 0) is 11.2 Å². The van der Waals surface area contributed by atoms with Gasteiger partial charge in [-0.2, -0.15) is 0 Å². The van der Waals surface area contributed by atoms with Gasteiger partial charge in [-0.15, -0.1) is 0 Å².